The van der Waals surface area contributed by atoms with Crippen molar-refractivity contribution in [1.82, 2.24) is 19.6 Å². The second-order valence-electron chi connectivity index (χ2n) is 6.23. The number of amides is 2. The van der Waals surface area contributed by atoms with Crippen LogP contribution in [-0.2, 0) is 11.2 Å². The Morgan fingerprint density at radius 2 is 2.25 bits per heavy atom. The molecule has 0 spiro atoms. The number of carboxylic acid groups (broad SMARTS) is 1. The highest BCUT2D eigenvalue weighted by Gasteiger charge is 2.24. The molecule has 1 fully saturated rings. The molecule has 3 rings (SSSR count). The Morgan fingerprint density at radius 3 is 3.04 bits per heavy atom. The number of nitrogens with zero attached hydrogens (tertiary/aromatic N) is 3. The largest absolute Gasteiger partial charge is 0.481 e. The summed E-state index contributed by atoms with van der Waals surface area (Å²) >= 11 is 0. The molecule has 2 aromatic heterocycles. The molecule has 2 amide bonds. The van der Waals surface area contributed by atoms with Gasteiger partial charge in [-0.15, -0.1) is 0 Å². The van der Waals surface area contributed by atoms with Gasteiger partial charge in [0, 0.05) is 44.9 Å². The highest BCUT2D eigenvalue weighted by Crippen LogP contribution is 2.19. The minimum Gasteiger partial charge on any atom is -0.481 e. The third-order valence-electron chi connectivity index (χ3n) is 4.34. The molecule has 2 aromatic rings. The van der Waals surface area contributed by atoms with Gasteiger partial charge >= 0.3 is 12.0 Å². The van der Waals surface area contributed by atoms with Crippen molar-refractivity contribution < 1.29 is 14.7 Å². The van der Waals surface area contributed by atoms with E-state index in [0.717, 1.165) is 24.2 Å². The first-order chi connectivity index (χ1) is 11.6. The zero-order chi connectivity index (χ0) is 16.9. The van der Waals surface area contributed by atoms with Gasteiger partial charge in [-0.1, -0.05) is 6.07 Å². The van der Waals surface area contributed by atoms with Crippen molar-refractivity contribution in [2.45, 2.75) is 25.7 Å². The van der Waals surface area contributed by atoms with Crippen LogP contribution in [-0.4, -0.2) is 51.0 Å². The Kier molecular flexibility index (Phi) is 4.98. The van der Waals surface area contributed by atoms with Crippen LogP contribution in [0.2, 0.25) is 0 Å². The topological polar surface area (TPSA) is 86.9 Å². The molecule has 2 N–H and O–H groups in total. The molecule has 0 aliphatic carbocycles. The number of urea groups is 1. The second kappa shape index (κ2) is 7.33. The second-order valence-corrected chi connectivity index (χ2v) is 6.23. The Bertz CT molecular complexity index is 694. The lowest BCUT2D eigenvalue weighted by molar-refractivity contribution is -0.138. The molecule has 1 saturated heterocycles. The van der Waals surface area contributed by atoms with Gasteiger partial charge in [-0.2, -0.15) is 0 Å². The molecule has 0 bridgehead atoms. The van der Waals surface area contributed by atoms with Crippen LogP contribution in [0.3, 0.4) is 0 Å². The van der Waals surface area contributed by atoms with Crippen LogP contribution < -0.4 is 5.32 Å². The summed E-state index contributed by atoms with van der Waals surface area (Å²) in [6, 6.07) is 5.72. The maximum absolute atomic E-state index is 12.2. The third-order valence-corrected chi connectivity index (χ3v) is 4.34. The molecule has 0 saturated carbocycles. The van der Waals surface area contributed by atoms with Crippen molar-refractivity contribution in [3.63, 3.8) is 0 Å². The van der Waals surface area contributed by atoms with Crippen molar-refractivity contribution in [1.29, 1.82) is 0 Å². The van der Waals surface area contributed by atoms with Crippen LogP contribution >= 0.6 is 0 Å². The molecule has 1 atom stereocenters. The van der Waals surface area contributed by atoms with Gasteiger partial charge in [0.15, 0.2) is 0 Å². The predicted molar refractivity (Wildman–Crippen MR) is 88.8 cm³/mol. The number of aromatic nitrogens is 2. The lowest BCUT2D eigenvalue weighted by Gasteiger charge is -2.32. The highest BCUT2D eigenvalue weighted by atomic mass is 16.4. The zero-order valence-electron chi connectivity index (χ0n) is 13.5. The lowest BCUT2D eigenvalue weighted by Crippen LogP contribution is -2.46. The number of aliphatic carboxylic acids is 1. The first-order valence-electron chi connectivity index (χ1n) is 8.29. The van der Waals surface area contributed by atoms with Gasteiger partial charge in [-0.3, -0.25) is 4.79 Å². The molecule has 24 heavy (non-hydrogen) atoms. The quantitative estimate of drug-likeness (QED) is 0.875. The van der Waals surface area contributed by atoms with Crippen LogP contribution in [0, 0.1) is 5.92 Å². The van der Waals surface area contributed by atoms with Crippen molar-refractivity contribution in [3.05, 3.63) is 36.3 Å². The zero-order valence-corrected chi connectivity index (χ0v) is 13.5. The van der Waals surface area contributed by atoms with Crippen molar-refractivity contribution in [3.8, 4) is 0 Å². The predicted octanol–water partition coefficient (Wildman–Crippen LogP) is 1.77. The van der Waals surface area contributed by atoms with Crippen molar-refractivity contribution >= 4 is 17.6 Å². The fourth-order valence-electron chi connectivity index (χ4n) is 3.18. The number of piperidine rings is 1. The van der Waals surface area contributed by atoms with Gasteiger partial charge in [0.2, 0.25) is 0 Å². The van der Waals surface area contributed by atoms with E-state index in [1.54, 1.807) is 4.90 Å². The molecule has 0 aromatic carbocycles. The van der Waals surface area contributed by atoms with Crippen LogP contribution in [0.25, 0.3) is 5.65 Å². The summed E-state index contributed by atoms with van der Waals surface area (Å²) in [6.45, 7) is 1.73. The van der Waals surface area contributed by atoms with Gasteiger partial charge in [-0.25, -0.2) is 9.78 Å². The molecular formula is C17H22N4O3. The number of rotatable bonds is 5. The number of pyridine rings is 1. The van der Waals surface area contributed by atoms with E-state index in [9.17, 15) is 9.59 Å². The average Bonchev–Trinajstić information content (AvgIpc) is 2.97. The van der Waals surface area contributed by atoms with Crippen molar-refractivity contribution in [2.24, 2.45) is 5.92 Å². The highest BCUT2D eigenvalue weighted by molar-refractivity contribution is 5.74. The monoisotopic (exact) mass is 330 g/mol. The molecule has 1 aliphatic heterocycles. The molecule has 1 aliphatic rings. The Hall–Kier alpha value is -2.57. The third kappa shape index (κ3) is 4.04. The summed E-state index contributed by atoms with van der Waals surface area (Å²) in [6.07, 6.45) is 6.44. The number of fused-ring (bicyclic) bond motifs is 1. The standard InChI is InChI=1S/C17H22N4O3/c22-16(23)10-13-4-3-9-21(11-13)17(24)18-7-6-14-12-20-8-2-1-5-15(20)19-14/h1-2,5,8,12-13H,3-4,6-7,9-11H2,(H,18,24)(H,22,23). The van der Waals surface area contributed by atoms with Crippen LogP contribution in [0.5, 0.6) is 0 Å². The smallest absolute Gasteiger partial charge is 0.317 e. The Balaban J connectivity index is 1.47. The van der Waals surface area contributed by atoms with Crippen molar-refractivity contribution in [2.75, 3.05) is 19.6 Å². The number of hydrogen-bond acceptors (Lipinski definition) is 3. The molecule has 128 valence electrons. The van der Waals surface area contributed by atoms with E-state index in [1.165, 1.54) is 0 Å². The van der Waals surface area contributed by atoms with E-state index in [2.05, 4.69) is 10.3 Å². The molecule has 3 heterocycles. The first-order valence-corrected chi connectivity index (χ1v) is 8.29. The summed E-state index contributed by atoms with van der Waals surface area (Å²) in [7, 11) is 0. The number of carbonyl (C=O) groups is 2. The average molecular weight is 330 g/mol. The number of carboxylic acids is 1. The van der Waals surface area contributed by atoms with Crippen LogP contribution in [0.4, 0.5) is 4.79 Å². The molecule has 7 heteroatoms. The van der Waals surface area contributed by atoms with E-state index in [4.69, 9.17) is 5.11 Å². The number of nitrogens with one attached hydrogen (secondary N) is 1. The maximum atomic E-state index is 12.2. The van der Waals surface area contributed by atoms with Gasteiger partial charge in [0.25, 0.3) is 0 Å². The molecule has 0 radical (unpaired) electrons. The fourth-order valence-corrected chi connectivity index (χ4v) is 3.18. The molecule has 1 unspecified atom stereocenters. The summed E-state index contributed by atoms with van der Waals surface area (Å²) < 4.78 is 1.96. The van der Waals surface area contributed by atoms with Gasteiger partial charge in [0.1, 0.15) is 5.65 Å². The summed E-state index contributed by atoms with van der Waals surface area (Å²) in [5, 5.41) is 11.8. The normalized spacial score (nSPS) is 17.8. The lowest BCUT2D eigenvalue weighted by atomic mass is 9.95. The Labute approximate surface area is 140 Å². The van der Waals surface area contributed by atoms with E-state index in [1.807, 2.05) is 35.0 Å². The molecular weight excluding hydrogens is 308 g/mol. The maximum Gasteiger partial charge on any atom is 0.317 e. The number of hydrogen-bond donors (Lipinski definition) is 2. The van der Waals surface area contributed by atoms with Gasteiger partial charge < -0.3 is 19.7 Å². The van der Waals surface area contributed by atoms with Crippen LogP contribution in [0.1, 0.15) is 25.0 Å². The summed E-state index contributed by atoms with van der Waals surface area (Å²) in [4.78, 5) is 29.3. The minimum absolute atomic E-state index is 0.0560. The van der Waals surface area contributed by atoms with Gasteiger partial charge in [-0.05, 0) is 30.9 Å². The summed E-state index contributed by atoms with van der Waals surface area (Å²) in [5.41, 5.74) is 1.83. The molecule has 7 nitrogen and oxygen atoms in total. The van der Waals surface area contributed by atoms with Crippen LogP contribution in [0.15, 0.2) is 30.6 Å². The van der Waals surface area contributed by atoms with E-state index < -0.39 is 5.97 Å². The van der Waals surface area contributed by atoms with E-state index in [-0.39, 0.29) is 18.4 Å². The fraction of sp³-hybridized carbons (Fsp3) is 0.471. The summed E-state index contributed by atoms with van der Waals surface area (Å²) in [5.74, 6) is -0.741. The minimum atomic E-state index is -0.797. The Morgan fingerprint density at radius 1 is 1.38 bits per heavy atom. The number of carbonyl (C=O) groups excluding carboxylic acids is 1. The van der Waals surface area contributed by atoms with E-state index in [0.29, 0.717) is 26.1 Å². The van der Waals surface area contributed by atoms with E-state index >= 15 is 0 Å². The first kappa shape index (κ1) is 16.3. The van der Waals surface area contributed by atoms with Gasteiger partial charge in [0.05, 0.1) is 5.69 Å². The SMILES string of the molecule is O=C(O)CC1CCCN(C(=O)NCCc2cn3ccccc3n2)C1. The number of likely N-dealkylation sites (tertiary alicyclic amines) is 1. The number of imidazole rings is 1.